The molecule has 1 rings (SSSR count). The van der Waals surface area contributed by atoms with Crippen LogP contribution < -0.4 is 11.1 Å². The van der Waals surface area contributed by atoms with E-state index in [4.69, 9.17) is 5.73 Å². The van der Waals surface area contributed by atoms with Gasteiger partial charge in [-0.15, -0.1) is 12.4 Å². The van der Waals surface area contributed by atoms with Crippen LogP contribution in [0.5, 0.6) is 0 Å². The number of hydrogen-bond donors (Lipinski definition) is 2. The van der Waals surface area contributed by atoms with Crippen LogP contribution in [0, 0.1) is 13.8 Å². The highest BCUT2D eigenvalue weighted by molar-refractivity contribution is 5.95. The molecule has 0 saturated heterocycles. The summed E-state index contributed by atoms with van der Waals surface area (Å²) in [6, 6.07) is 5.83. The molecule has 1 aromatic carbocycles. The summed E-state index contributed by atoms with van der Waals surface area (Å²) in [5, 5.41) is 2.87. The summed E-state index contributed by atoms with van der Waals surface area (Å²) >= 11 is 0. The van der Waals surface area contributed by atoms with E-state index in [0.717, 1.165) is 16.8 Å². The number of nitrogens with two attached hydrogens (primary N) is 1. The number of rotatable bonds is 6. The van der Waals surface area contributed by atoms with E-state index in [1.54, 1.807) is 7.05 Å². The molecule has 0 heterocycles. The lowest BCUT2D eigenvalue weighted by Crippen LogP contribution is -2.35. The predicted octanol–water partition coefficient (Wildman–Crippen LogP) is 2.25. The fourth-order valence-corrected chi connectivity index (χ4v) is 2.04. The Labute approximate surface area is 138 Å². The summed E-state index contributed by atoms with van der Waals surface area (Å²) in [5.74, 6) is -0.256. The second-order valence-electron chi connectivity index (χ2n) is 5.58. The summed E-state index contributed by atoms with van der Waals surface area (Å²) in [4.78, 5) is 25.3. The van der Waals surface area contributed by atoms with Crippen LogP contribution in [-0.4, -0.2) is 36.3 Å². The third-order valence-electron chi connectivity index (χ3n) is 3.37. The van der Waals surface area contributed by atoms with Crippen molar-refractivity contribution in [1.29, 1.82) is 0 Å². The number of aryl methyl sites for hydroxylation is 2. The molecule has 6 heteroatoms. The highest BCUT2D eigenvalue weighted by atomic mass is 35.5. The lowest BCUT2D eigenvalue weighted by Gasteiger charge is -2.18. The minimum atomic E-state index is -0.191. The summed E-state index contributed by atoms with van der Waals surface area (Å²) in [5.41, 5.74) is 8.46. The smallest absolute Gasteiger partial charge is 0.243 e. The van der Waals surface area contributed by atoms with Crippen molar-refractivity contribution in [3.8, 4) is 0 Å². The summed E-state index contributed by atoms with van der Waals surface area (Å²) in [6.07, 6.45) is 0.993. The Morgan fingerprint density at radius 2 is 1.82 bits per heavy atom. The van der Waals surface area contributed by atoms with Gasteiger partial charge in [0.05, 0.1) is 6.54 Å². The zero-order chi connectivity index (χ0) is 16.0. The first-order chi connectivity index (χ1) is 9.81. The highest BCUT2D eigenvalue weighted by Crippen LogP contribution is 2.19. The molecule has 22 heavy (non-hydrogen) atoms. The fraction of sp³-hybridized carbons (Fsp3) is 0.500. The Morgan fingerprint density at radius 1 is 1.27 bits per heavy atom. The second-order valence-corrected chi connectivity index (χ2v) is 5.58. The SMILES string of the molecule is Cc1cccc(C)c1NC(=O)CN(C)C(=O)CCC(C)N.Cl. The van der Waals surface area contributed by atoms with Gasteiger partial charge in [-0.3, -0.25) is 9.59 Å². The van der Waals surface area contributed by atoms with Gasteiger partial charge in [-0.05, 0) is 38.3 Å². The number of amides is 2. The van der Waals surface area contributed by atoms with Crippen molar-refractivity contribution in [3.05, 3.63) is 29.3 Å². The largest absolute Gasteiger partial charge is 0.336 e. The van der Waals surface area contributed by atoms with Crippen LogP contribution in [0.1, 0.15) is 30.9 Å². The van der Waals surface area contributed by atoms with Crippen LogP contribution in [0.4, 0.5) is 5.69 Å². The first kappa shape index (κ1) is 20.4. The Kier molecular flexibility index (Phi) is 8.75. The van der Waals surface area contributed by atoms with E-state index in [1.165, 1.54) is 4.90 Å². The molecule has 3 N–H and O–H groups in total. The topological polar surface area (TPSA) is 75.4 Å². The van der Waals surface area contributed by atoms with E-state index in [0.29, 0.717) is 12.8 Å². The monoisotopic (exact) mass is 327 g/mol. The lowest BCUT2D eigenvalue weighted by molar-refractivity contribution is -0.133. The number of likely N-dealkylation sites (N-methyl/N-ethyl adjacent to an activating group) is 1. The first-order valence-corrected chi connectivity index (χ1v) is 7.17. The number of carbonyl (C=O) groups excluding carboxylic acids is 2. The van der Waals surface area contributed by atoms with E-state index < -0.39 is 0 Å². The highest BCUT2D eigenvalue weighted by Gasteiger charge is 2.14. The first-order valence-electron chi connectivity index (χ1n) is 7.17. The predicted molar refractivity (Wildman–Crippen MR) is 92.3 cm³/mol. The second kappa shape index (κ2) is 9.43. The molecule has 5 nitrogen and oxygen atoms in total. The maximum atomic E-state index is 12.0. The van der Waals surface area contributed by atoms with Crippen LogP contribution in [0.2, 0.25) is 0 Å². The quantitative estimate of drug-likeness (QED) is 0.841. The normalized spacial score (nSPS) is 11.3. The molecule has 0 aliphatic carbocycles. The molecule has 0 aliphatic rings. The number of halogens is 1. The average molecular weight is 328 g/mol. The third kappa shape index (κ3) is 6.45. The molecule has 1 atom stereocenters. The minimum Gasteiger partial charge on any atom is -0.336 e. The maximum Gasteiger partial charge on any atom is 0.243 e. The standard InChI is InChI=1S/C16H25N3O2.ClH/c1-11-6-5-7-12(2)16(11)18-14(20)10-19(4)15(21)9-8-13(3)17;/h5-7,13H,8-10,17H2,1-4H3,(H,18,20);1H. The number of benzene rings is 1. The summed E-state index contributed by atoms with van der Waals surface area (Å²) in [7, 11) is 1.63. The molecule has 124 valence electrons. The van der Waals surface area contributed by atoms with Gasteiger partial charge >= 0.3 is 0 Å². The van der Waals surface area contributed by atoms with Crippen molar-refractivity contribution in [1.82, 2.24) is 4.90 Å². The number of carbonyl (C=O) groups is 2. The molecule has 0 bridgehead atoms. The van der Waals surface area contributed by atoms with Crippen molar-refractivity contribution in [2.45, 2.75) is 39.7 Å². The Bertz CT molecular complexity index is 498. The molecular formula is C16H26ClN3O2. The molecule has 1 unspecified atom stereocenters. The van der Waals surface area contributed by atoms with Crippen LogP contribution >= 0.6 is 12.4 Å². The van der Waals surface area contributed by atoms with Crippen molar-refractivity contribution in [2.75, 3.05) is 18.9 Å². The minimum absolute atomic E-state index is 0. The van der Waals surface area contributed by atoms with Gasteiger partial charge in [0.15, 0.2) is 0 Å². The Hall–Kier alpha value is -1.59. The van der Waals surface area contributed by atoms with E-state index in [-0.39, 0.29) is 36.8 Å². The van der Waals surface area contributed by atoms with Gasteiger partial charge in [-0.2, -0.15) is 0 Å². The van der Waals surface area contributed by atoms with Gasteiger partial charge in [0, 0.05) is 25.2 Å². The van der Waals surface area contributed by atoms with E-state index >= 15 is 0 Å². The van der Waals surface area contributed by atoms with Gasteiger partial charge in [-0.1, -0.05) is 18.2 Å². The van der Waals surface area contributed by atoms with Crippen LogP contribution in [-0.2, 0) is 9.59 Å². The van der Waals surface area contributed by atoms with Gasteiger partial charge in [-0.25, -0.2) is 0 Å². The van der Waals surface area contributed by atoms with E-state index in [2.05, 4.69) is 5.32 Å². The number of anilines is 1. The maximum absolute atomic E-state index is 12.0. The van der Waals surface area contributed by atoms with Crippen molar-refractivity contribution < 1.29 is 9.59 Å². The van der Waals surface area contributed by atoms with Crippen molar-refractivity contribution in [3.63, 3.8) is 0 Å². The molecule has 2 amide bonds. The molecule has 0 aliphatic heterocycles. The summed E-state index contributed by atoms with van der Waals surface area (Å²) in [6.45, 7) is 5.80. The number of para-hydroxylation sites is 1. The van der Waals surface area contributed by atoms with Crippen LogP contribution in [0.3, 0.4) is 0 Å². The number of nitrogens with one attached hydrogen (secondary N) is 1. The van der Waals surface area contributed by atoms with Gasteiger partial charge in [0.2, 0.25) is 11.8 Å². The Morgan fingerprint density at radius 3 is 2.32 bits per heavy atom. The van der Waals surface area contributed by atoms with Gasteiger partial charge in [0.25, 0.3) is 0 Å². The Balaban J connectivity index is 0.00000441. The zero-order valence-corrected chi connectivity index (χ0v) is 14.5. The molecule has 1 aromatic rings. The molecule has 0 spiro atoms. The lowest BCUT2D eigenvalue weighted by atomic mass is 10.1. The molecule has 0 aromatic heterocycles. The molecule has 0 saturated carbocycles. The number of hydrogen-bond acceptors (Lipinski definition) is 3. The average Bonchev–Trinajstić information content (AvgIpc) is 2.40. The van der Waals surface area contributed by atoms with Crippen molar-refractivity contribution >= 4 is 29.9 Å². The molecular weight excluding hydrogens is 302 g/mol. The van der Waals surface area contributed by atoms with Crippen LogP contribution in [0.25, 0.3) is 0 Å². The zero-order valence-electron chi connectivity index (χ0n) is 13.7. The van der Waals surface area contributed by atoms with Crippen molar-refractivity contribution in [2.24, 2.45) is 5.73 Å². The van der Waals surface area contributed by atoms with E-state index in [1.807, 2.05) is 39.0 Å². The third-order valence-corrected chi connectivity index (χ3v) is 3.37. The summed E-state index contributed by atoms with van der Waals surface area (Å²) < 4.78 is 0. The van der Waals surface area contributed by atoms with Gasteiger partial charge < -0.3 is 16.0 Å². The van der Waals surface area contributed by atoms with Crippen LogP contribution in [0.15, 0.2) is 18.2 Å². The van der Waals surface area contributed by atoms with Gasteiger partial charge in [0.1, 0.15) is 0 Å². The number of nitrogens with zero attached hydrogens (tertiary/aromatic N) is 1. The molecule has 0 radical (unpaired) electrons. The van der Waals surface area contributed by atoms with E-state index in [9.17, 15) is 9.59 Å². The molecule has 0 fully saturated rings. The fourth-order valence-electron chi connectivity index (χ4n) is 2.04.